The van der Waals surface area contributed by atoms with Gasteiger partial charge in [0.25, 0.3) is 0 Å². The average Bonchev–Trinajstić information content (AvgIpc) is 2.46. The second-order valence-electron chi connectivity index (χ2n) is 4.51. The Bertz CT molecular complexity index is 618. The summed E-state index contributed by atoms with van der Waals surface area (Å²) in [7, 11) is 0. The van der Waals surface area contributed by atoms with E-state index in [1.807, 2.05) is 24.3 Å². The van der Waals surface area contributed by atoms with E-state index >= 15 is 0 Å². The third kappa shape index (κ3) is 3.19. The number of hydrogen-bond acceptors (Lipinski definition) is 5. The molecule has 1 unspecified atom stereocenters. The van der Waals surface area contributed by atoms with E-state index in [4.69, 9.17) is 0 Å². The zero-order chi connectivity index (χ0) is 14.5. The molecule has 0 saturated heterocycles. The van der Waals surface area contributed by atoms with Crippen LogP contribution >= 0.6 is 11.8 Å². The maximum Gasteiger partial charge on any atom is 0.358 e. The lowest BCUT2D eigenvalue weighted by molar-refractivity contribution is 0.0690. The molecule has 2 N–H and O–H groups in total. The van der Waals surface area contributed by atoms with Gasteiger partial charge in [-0.15, -0.1) is 10.2 Å². The van der Waals surface area contributed by atoms with Crippen molar-refractivity contribution in [3.8, 4) is 0 Å². The summed E-state index contributed by atoms with van der Waals surface area (Å²) in [6.07, 6.45) is 3.02. The molecular weight excluding hydrogens is 274 g/mol. The second-order valence-corrected chi connectivity index (χ2v) is 5.78. The molecule has 0 fully saturated rings. The molecule has 0 aliphatic rings. The minimum Gasteiger partial charge on any atom is -0.476 e. The molecule has 6 heteroatoms. The van der Waals surface area contributed by atoms with Gasteiger partial charge >= 0.3 is 5.97 Å². The van der Waals surface area contributed by atoms with Gasteiger partial charge in [-0.2, -0.15) is 11.8 Å². The van der Waals surface area contributed by atoms with Crippen LogP contribution in [-0.2, 0) is 0 Å². The summed E-state index contributed by atoms with van der Waals surface area (Å²) in [5.74, 6) is -1.07. The molecule has 0 saturated carbocycles. The maximum absolute atomic E-state index is 11.3. The molecule has 0 bridgehead atoms. The summed E-state index contributed by atoms with van der Waals surface area (Å²) in [4.78, 5) is 11.3. The molecule has 0 amide bonds. The van der Waals surface area contributed by atoms with Gasteiger partial charge in [0.1, 0.15) is 0 Å². The molecule has 0 aliphatic carbocycles. The van der Waals surface area contributed by atoms with Gasteiger partial charge in [0.2, 0.25) is 0 Å². The largest absolute Gasteiger partial charge is 0.476 e. The number of nitrogens with zero attached hydrogens (tertiary/aromatic N) is 2. The van der Waals surface area contributed by atoms with Gasteiger partial charge < -0.3 is 10.4 Å². The molecule has 2 rings (SSSR count). The van der Waals surface area contributed by atoms with Crippen LogP contribution in [0.3, 0.4) is 0 Å². The Kier molecular flexibility index (Phi) is 4.79. The van der Waals surface area contributed by atoms with Crippen LogP contribution in [0.15, 0.2) is 24.3 Å². The maximum atomic E-state index is 11.3. The molecule has 0 aliphatic heterocycles. The summed E-state index contributed by atoms with van der Waals surface area (Å²) in [6.45, 7) is 2.85. The molecular formula is C14H17N3O2S. The smallest absolute Gasteiger partial charge is 0.358 e. The number of hydrogen-bond donors (Lipinski definition) is 2. The van der Waals surface area contributed by atoms with E-state index < -0.39 is 5.97 Å². The van der Waals surface area contributed by atoms with E-state index in [1.165, 1.54) is 0 Å². The Morgan fingerprint density at radius 1 is 1.40 bits per heavy atom. The fourth-order valence-corrected chi connectivity index (χ4v) is 2.25. The lowest BCUT2D eigenvalue weighted by Crippen LogP contribution is -2.13. The zero-order valence-corrected chi connectivity index (χ0v) is 12.3. The summed E-state index contributed by atoms with van der Waals surface area (Å²) in [5, 5.41) is 21.5. The van der Waals surface area contributed by atoms with Crippen molar-refractivity contribution in [3.63, 3.8) is 0 Å². The van der Waals surface area contributed by atoms with Crippen molar-refractivity contribution in [1.82, 2.24) is 10.2 Å². The SMILES string of the molecule is CSC(C)CCNc1c(C(=O)O)nnc2ccccc12. The van der Waals surface area contributed by atoms with Crippen molar-refractivity contribution in [1.29, 1.82) is 0 Å². The highest BCUT2D eigenvalue weighted by Crippen LogP contribution is 2.24. The van der Waals surface area contributed by atoms with Crippen LogP contribution < -0.4 is 5.32 Å². The number of carbonyl (C=O) groups is 1. The number of carboxylic acids is 1. The highest BCUT2D eigenvalue weighted by molar-refractivity contribution is 7.99. The number of nitrogens with one attached hydrogen (secondary N) is 1. The van der Waals surface area contributed by atoms with Gasteiger partial charge in [-0.1, -0.05) is 25.1 Å². The minimum atomic E-state index is -1.07. The van der Waals surface area contributed by atoms with Crippen molar-refractivity contribution < 1.29 is 9.90 Å². The molecule has 5 nitrogen and oxygen atoms in total. The molecule has 0 spiro atoms. The third-order valence-corrected chi connectivity index (χ3v) is 4.17. The Hall–Kier alpha value is -1.82. The van der Waals surface area contributed by atoms with Crippen LogP contribution in [0.1, 0.15) is 23.8 Å². The Morgan fingerprint density at radius 2 is 2.15 bits per heavy atom. The molecule has 2 aromatic rings. The third-order valence-electron chi connectivity index (χ3n) is 3.13. The quantitative estimate of drug-likeness (QED) is 0.852. The first-order valence-electron chi connectivity index (χ1n) is 6.39. The predicted octanol–water partition coefficient (Wildman–Crippen LogP) is 2.88. The lowest BCUT2D eigenvalue weighted by Gasteiger charge is -2.13. The summed E-state index contributed by atoms with van der Waals surface area (Å²) in [6, 6.07) is 7.41. The fraction of sp³-hybridized carbons (Fsp3) is 0.357. The summed E-state index contributed by atoms with van der Waals surface area (Å²) in [5.41, 5.74) is 1.22. The number of carboxylic acid groups (broad SMARTS) is 1. The van der Waals surface area contributed by atoms with Gasteiger partial charge in [-0.3, -0.25) is 0 Å². The average molecular weight is 291 g/mol. The highest BCUT2D eigenvalue weighted by Gasteiger charge is 2.16. The van der Waals surface area contributed by atoms with Gasteiger partial charge in [-0.05, 0) is 18.7 Å². The predicted molar refractivity (Wildman–Crippen MR) is 82.6 cm³/mol. The van der Waals surface area contributed by atoms with Crippen molar-refractivity contribution in [2.75, 3.05) is 18.1 Å². The Morgan fingerprint density at radius 3 is 2.85 bits per heavy atom. The first-order valence-corrected chi connectivity index (χ1v) is 7.67. The van der Waals surface area contributed by atoms with E-state index in [-0.39, 0.29) is 5.69 Å². The standard InChI is InChI=1S/C14H17N3O2S/c1-9(20-2)7-8-15-12-10-5-3-4-6-11(10)16-17-13(12)14(18)19/h3-6,9H,7-8H2,1-2H3,(H,15,16)(H,18,19). The van der Waals surface area contributed by atoms with E-state index in [2.05, 4.69) is 28.7 Å². The van der Waals surface area contributed by atoms with Crippen molar-refractivity contribution in [3.05, 3.63) is 30.0 Å². The number of rotatable bonds is 6. The number of anilines is 1. The fourth-order valence-electron chi connectivity index (χ4n) is 1.90. The summed E-state index contributed by atoms with van der Waals surface area (Å²) >= 11 is 1.79. The number of aromatic carboxylic acids is 1. The molecule has 106 valence electrons. The van der Waals surface area contributed by atoms with Crippen LogP contribution in [0.25, 0.3) is 10.9 Å². The van der Waals surface area contributed by atoms with Gasteiger partial charge in [-0.25, -0.2) is 4.79 Å². The molecule has 20 heavy (non-hydrogen) atoms. The molecule has 1 heterocycles. The highest BCUT2D eigenvalue weighted by atomic mass is 32.2. The van der Waals surface area contributed by atoms with Gasteiger partial charge in [0.15, 0.2) is 5.69 Å². The van der Waals surface area contributed by atoms with Crippen molar-refractivity contribution in [2.24, 2.45) is 0 Å². The second kappa shape index (κ2) is 6.56. The topological polar surface area (TPSA) is 75.1 Å². The van der Waals surface area contributed by atoms with Crippen molar-refractivity contribution in [2.45, 2.75) is 18.6 Å². The number of aromatic nitrogens is 2. The molecule has 1 atom stereocenters. The van der Waals surface area contributed by atoms with E-state index in [9.17, 15) is 9.90 Å². The molecule has 1 aromatic heterocycles. The molecule has 0 radical (unpaired) electrons. The monoisotopic (exact) mass is 291 g/mol. The van der Waals surface area contributed by atoms with Crippen LogP contribution in [0.5, 0.6) is 0 Å². The lowest BCUT2D eigenvalue weighted by atomic mass is 10.1. The van der Waals surface area contributed by atoms with E-state index in [0.717, 1.165) is 11.8 Å². The normalized spacial score (nSPS) is 12.3. The number of fused-ring (bicyclic) bond motifs is 1. The summed E-state index contributed by atoms with van der Waals surface area (Å²) < 4.78 is 0. The van der Waals surface area contributed by atoms with E-state index in [1.54, 1.807) is 11.8 Å². The minimum absolute atomic E-state index is 0.0273. The van der Waals surface area contributed by atoms with Crippen molar-refractivity contribution >= 4 is 34.3 Å². The van der Waals surface area contributed by atoms with Crippen LogP contribution in [0.4, 0.5) is 5.69 Å². The number of benzene rings is 1. The zero-order valence-electron chi connectivity index (χ0n) is 11.5. The van der Waals surface area contributed by atoms with Crippen LogP contribution in [-0.4, -0.2) is 39.3 Å². The number of thioether (sulfide) groups is 1. The van der Waals surface area contributed by atoms with E-state index in [0.29, 0.717) is 23.0 Å². The Balaban J connectivity index is 2.32. The van der Waals surface area contributed by atoms with Crippen LogP contribution in [0, 0.1) is 0 Å². The first kappa shape index (κ1) is 14.6. The van der Waals surface area contributed by atoms with Gasteiger partial charge in [0, 0.05) is 17.2 Å². The molecule has 1 aromatic carbocycles. The first-order chi connectivity index (χ1) is 9.63. The van der Waals surface area contributed by atoms with Crippen LogP contribution in [0.2, 0.25) is 0 Å². The van der Waals surface area contributed by atoms with Gasteiger partial charge in [0.05, 0.1) is 11.2 Å². The Labute approximate surface area is 121 Å².